The lowest BCUT2D eigenvalue weighted by Gasteiger charge is -2.39. The first-order valence-corrected chi connectivity index (χ1v) is 12.2. The Balaban J connectivity index is 1.76. The number of hydrogen-bond donors (Lipinski definition) is 2. The van der Waals surface area contributed by atoms with E-state index in [4.69, 9.17) is 14.2 Å². The summed E-state index contributed by atoms with van der Waals surface area (Å²) in [4.78, 5) is 27.9. The summed E-state index contributed by atoms with van der Waals surface area (Å²) >= 11 is 1.62. The molecule has 180 valence electrons. The first kappa shape index (κ1) is 24.0. The summed E-state index contributed by atoms with van der Waals surface area (Å²) in [6.07, 6.45) is 2.44. The zero-order valence-corrected chi connectivity index (χ0v) is 20.3. The summed E-state index contributed by atoms with van der Waals surface area (Å²) in [7, 11) is 1.47. The molecule has 3 atom stereocenters. The smallest absolute Gasteiger partial charge is 0.336 e. The van der Waals surface area contributed by atoms with Gasteiger partial charge in [0.1, 0.15) is 12.4 Å². The Labute approximate surface area is 203 Å². The lowest BCUT2D eigenvalue weighted by Crippen LogP contribution is -2.42. The largest absolute Gasteiger partial charge is 0.504 e. The zero-order valence-electron chi connectivity index (χ0n) is 19.5. The molecule has 1 aromatic heterocycles. The van der Waals surface area contributed by atoms with Gasteiger partial charge in [0.05, 0.1) is 25.2 Å². The molecule has 1 aliphatic heterocycles. The minimum absolute atomic E-state index is 0.0105. The van der Waals surface area contributed by atoms with Crippen molar-refractivity contribution in [2.75, 3.05) is 26.9 Å². The molecule has 0 bridgehead atoms. The first-order valence-electron chi connectivity index (χ1n) is 11.3. The van der Waals surface area contributed by atoms with E-state index in [1.54, 1.807) is 29.5 Å². The highest BCUT2D eigenvalue weighted by atomic mass is 32.1. The fraction of sp³-hybridized carbons (Fsp3) is 0.385. The Morgan fingerprint density at radius 1 is 1.24 bits per heavy atom. The van der Waals surface area contributed by atoms with Gasteiger partial charge in [0.2, 0.25) is 0 Å². The van der Waals surface area contributed by atoms with E-state index in [-0.39, 0.29) is 24.1 Å². The van der Waals surface area contributed by atoms with Gasteiger partial charge in [0, 0.05) is 41.1 Å². The number of phenols is 1. The highest BCUT2D eigenvalue weighted by Crippen LogP contribution is 2.47. The highest BCUT2D eigenvalue weighted by molar-refractivity contribution is 7.10. The molecule has 2 aliphatic rings. The van der Waals surface area contributed by atoms with Gasteiger partial charge in [-0.3, -0.25) is 4.79 Å². The van der Waals surface area contributed by atoms with Gasteiger partial charge in [-0.15, -0.1) is 11.3 Å². The summed E-state index contributed by atoms with van der Waals surface area (Å²) in [6.45, 7) is 4.63. The lowest BCUT2D eigenvalue weighted by atomic mass is 9.69. The van der Waals surface area contributed by atoms with Gasteiger partial charge in [0.25, 0.3) is 0 Å². The van der Waals surface area contributed by atoms with Gasteiger partial charge >= 0.3 is 5.97 Å². The number of carbonyl (C=O) groups excluding carboxylic acids is 2. The summed E-state index contributed by atoms with van der Waals surface area (Å²) in [5.74, 6) is -1.38. The number of benzene rings is 1. The number of carbonyl (C=O) groups is 2. The Kier molecular flexibility index (Phi) is 7.38. The number of thiophene rings is 1. The normalized spacial score (nSPS) is 22.0. The van der Waals surface area contributed by atoms with Crippen molar-refractivity contribution in [3.05, 3.63) is 69.2 Å². The van der Waals surface area contributed by atoms with Gasteiger partial charge in [-0.1, -0.05) is 18.2 Å². The van der Waals surface area contributed by atoms with Gasteiger partial charge in [0.15, 0.2) is 11.5 Å². The third kappa shape index (κ3) is 4.74. The number of methoxy groups -OCH3 is 1. The fourth-order valence-electron chi connectivity index (χ4n) is 4.71. The van der Waals surface area contributed by atoms with E-state index < -0.39 is 17.8 Å². The molecule has 34 heavy (non-hydrogen) atoms. The minimum atomic E-state index is -0.597. The van der Waals surface area contributed by atoms with Crippen LogP contribution < -0.4 is 10.1 Å². The van der Waals surface area contributed by atoms with E-state index in [0.29, 0.717) is 42.2 Å². The quantitative estimate of drug-likeness (QED) is 0.428. The van der Waals surface area contributed by atoms with Crippen LogP contribution in [-0.2, 0) is 19.1 Å². The molecule has 1 aliphatic carbocycles. The molecule has 0 saturated carbocycles. The second-order valence-corrected chi connectivity index (χ2v) is 9.28. The van der Waals surface area contributed by atoms with E-state index in [1.165, 1.54) is 7.11 Å². The number of phenolic OH excluding ortho intramolecular Hbond substituents is 1. The SMILES string of the molecule is CCOCCOC(=O)C1=C(C)NC2=CC(c3cccs3)CC(=O)C2C1c1ccc(OC)c(O)c1. The van der Waals surface area contributed by atoms with Crippen LogP contribution in [0.25, 0.3) is 0 Å². The monoisotopic (exact) mass is 483 g/mol. The molecular weight excluding hydrogens is 454 g/mol. The number of allylic oxidation sites excluding steroid dienone is 3. The van der Waals surface area contributed by atoms with Crippen LogP contribution in [0.2, 0.25) is 0 Å². The van der Waals surface area contributed by atoms with Crippen molar-refractivity contribution < 1.29 is 28.9 Å². The number of ketones is 1. The van der Waals surface area contributed by atoms with Crippen LogP contribution in [0.1, 0.15) is 42.5 Å². The molecule has 4 rings (SSSR count). The van der Waals surface area contributed by atoms with Crippen molar-refractivity contribution in [1.82, 2.24) is 5.32 Å². The van der Waals surface area contributed by atoms with Crippen molar-refractivity contribution in [1.29, 1.82) is 0 Å². The third-order valence-electron chi connectivity index (χ3n) is 6.22. The molecule has 0 amide bonds. The maximum Gasteiger partial charge on any atom is 0.336 e. The van der Waals surface area contributed by atoms with Crippen molar-refractivity contribution in [3.63, 3.8) is 0 Å². The average Bonchev–Trinajstić information content (AvgIpc) is 3.36. The van der Waals surface area contributed by atoms with Crippen LogP contribution in [0.15, 0.2) is 58.8 Å². The van der Waals surface area contributed by atoms with E-state index >= 15 is 0 Å². The molecule has 2 aromatic rings. The molecular formula is C26H29NO6S. The molecule has 2 heterocycles. The minimum Gasteiger partial charge on any atom is -0.504 e. The van der Waals surface area contributed by atoms with Gasteiger partial charge in [-0.05, 0) is 43.0 Å². The Bertz CT molecular complexity index is 1120. The topological polar surface area (TPSA) is 94.1 Å². The summed E-state index contributed by atoms with van der Waals surface area (Å²) in [6, 6.07) is 9.00. The predicted molar refractivity (Wildman–Crippen MR) is 129 cm³/mol. The maximum absolute atomic E-state index is 13.5. The standard InChI is InChI=1S/C26H29NO6S/c1-4-32-9-10-33-26(30)23-15(2)27-18-12-17(22-6-5-11-34-22)14-20(29)25(18)24(23)16-7-8-21(31-3)19(28)13-16/h5-8,11-13,17,24-25,27-28H,4,9-10,14H2,1-3H3. The first-order chi connectivity index (χ1) is 16.4. The number of hydrogen-bond acceptors (Lipinski definition) is 8. The number of esters is 1. The number of aromatic hydroxyl groups is 1. The maximum atomic E-state index is 13.5. The molecule has 0 radical (unpaired) electrons. The number of ether oxygens (including phenoxy) is 3. The third-order valence-corrected chi connectivity index (χ3v) is 7.22. The number of fused-ring (bicyclic) bond motifs is 1. The second-order valence-electron chi connectivity index (χ2n) is 8.30. The molecule has 3 unspecified atom stereocenters. The Morgan fingerprint density at radius 3 is 2.74 bits per heavy atom. The van der Waals surface area contributed by atoms with Crippen LogP contribution in [0.3, 0.4) is 0 Å². The van der Waals surface area contributed by atoms with E-state index in [9.17, 15) is 14.7 Å². The van der Waals surface area contributed by atoms with E-state index in [1.807, 2.05) is 31.4 Å². The lowest BCUT2D eigenvalue weighted by molar-refractivity contribution is -0.141. The fourth-order valence-corrected chi connectivity index (χ4v) is 5.50. The summed E-state index contributed by atoms with van der Waals surface area (Å²) in [5.41, 5.74) is 2.43. The van der Waals surface area contributed by atoms with Crippen molar-refractivity contribution in [2.24, 2.45) is 5.92 Å². The average molecular weight is 484 g/mol. The van der Waals surface area contributed by atoms with E-state index in [0.717, 1.165) is 10.6 Å². The van der Waals surface area contributed by atoms with Crippen molar-refractivity contribution >= 4 is 23.1 Å². The van der Waals surface area contributed by atoms with Gasteiger partial charge < -0.3 is 24.6 Å². The van der Waals surface area contributed by atoms with Crippen LogP contribution >= 0.6 is 11.3 Å². The Hall–Kier alpha value is -3.10. The highest BCUT2D eigenvalue weighted by Gasteiger charge is 2.45. The predicted octanol–water partition coefficient (Wildman–Crippen LogP) is 4.26. The molecule has 8 heteroatoms. The molecule has 2 N–H and O–H groups in total. The second kappa shape index (κ2) is 10.4. The van der Waals surface area contributed by atoms with Crippen molar-refractivity contribution in [3.8, 4) is 11.5 Å². The van der Waals surface area contributed by atoms with Crippen LogP contribution in [0, 0.1) is 5.92 Å². The van der Waals surface area contributed by atoms with E-state index in [2.05, 4.69) is 11.4 Å². The molecule has 0 fully saturated rings. The van der Waals surface area contributed by atoms with Crippen LogP contribution in [0.5, 0.6) is 11.5 Å². The molecule has 1 aromatic carbocycles. The Morgan fingerprint density at radius 2 is 2.06 bits per heavy atom. The summed E-state index contributed by atoms with van der Waals surface area (Å²) < 4.78 is 16.0. The van der Waals surface area contributed by atoms with Crippen LogP contribution in [-0.4, -0.2) is 43.8 Å². The van der Waals surface area contributed by atoms with Crippen molar-refractivity contribution in [2.45, 2.75) is 32.1 Å². The van der Waals surface area contributed by atoms with Gasteiger partial charge in [-0.2, -0.15) is 0 Å². The number of rotatable bonds is 8. The summed E-state index contributed by atoms with van der Waals surface area (Å²) in [5, 5.41) is 15.8. The number of Topliss-reactive ketones (excluding diaryl/α,β-unsaturated/α-hetero) is 1. The van der Waals surface area contributed by atoms with Gasteiger partial charge in [-0.25, -0.2) is 4.79 Å². The van der Waals surface area contributed by atoms with Crippen LogP contribution in [0.4, 0.5) is 0 Å². The molecule has 7 nitrogen and oxygen atoms in total. The molecule has 0 saturated heterocycles. The molecule has 0 spiro atoms. The zero-order chi connectivity index (χ0) is 24.2. The number of nitrogens with one attached hydrogen (secondary N) is 1.